The number of fused-ring (bicyclic) bond motifs is 10. The fourth-order valence-electron chi connectivity index (χ4n) is 8.14. The lowest BCUT2D eigenvalue weighted by Crippen LogP contribution is -2.32. The standard InChI is InChI=1S/C47H31N3O2/c1-3-34-33(28-29(2)44-48-45(30-16-6-4-7-17-30)50-46(49-44)31-18-8-5-9-19-31)42-37(26-27-41-43(42)32-20-10-13-23-38(32)51-41)47(34)35-21-11-14-24-39(35)52-40-25-15-12-22-36(40)47/h3-28H,1H2,2H3/b29-28+. The van der Waals surface area contributed by atoms with Crippen molar-refractivity contribution in [2.75, 3.05) is 0 Å². The number of furan rings is 1. The highest BCUT2D eigenvalue weighted by Gasteiger charge is 2.52. The Morgan fingerprint density at radius 3 is 1.81 bits per heavy atom. The van der Waals surface area contributed by atoms with E-state index in [-0.39, 0.29) is 0 Å². The van der Waals surface area contributed by atoms with Gasteiger partial charge in [-0.25, -0.2) is 15.0 Å². The Balaban J connectivity index is 1.31. The molecule has 0 bridgehead atoms. The number of aromatic nitrogens is 3. The lowest BCUT2D eigenvalue weighted by molar-refractivity contribution is 0.436. The molecule has 3 heterocycles. The summed E-state index contributed by atoms with van der Waals surface area (Å²) in [5.74, 6) is 3.48. The minimum Gasteiger partial charge on any atom is -0.457 e. The van der Waals surface area contributed by atoms with E-state index in [0.29, 0.717) is 17.5 Å². The molecule has 0 atom stereocenters. The highest BCUT2D eigenvalue weighted by Crippen LogP contribution is 2.63. The molecule has 52 heavy (non-hydrogen) atoms. The molecule has 0 unspecified atom stereocenters. The van der Waals surface area contributed by atoms with Crippen LogP contribution in [0.25, 0.3) is 55.9 Å². The fourth-order valence-corrected chi connectivity index (χ4v) is 8.14. The molecule has 1 spiro atoms. The predicted octanol–water partition coefficient (Wildman–Crippen LogP) is 11.6. The second-order valence-corrected chi connectivity index (χ2v) is 13.2. The number of rotatable bonds is 5. The average Bonchev–Trinajstić information content (AvgIpc) is 3.72. The molecular weight excluding hydrogens is 639 g/mol. The third-order valence-corrected chi connectivity index (χ3v) is 10.3. The Hall–Kier alpha value is -6.85. The number of allylic oxidation sites excluding steroid dienone is 5. The molecule has 6 aromatic carbocycles. The molecular formula is C47H31N3O2. The smallest absolute Gasteiger partial charge is 0.164 e. The number of ether oxygens (including phenoxy) is 1. The molecule has 1 aliphatic heterocycles. The first-order chi connectivity index (χ1) is 25.6. The zero-order valence-electron chi connectivity index (χ0n) is 28.4. The van der Waals surface area contributed by atoms with Gasteiger partial charge in [0.2, 0.25) is 0 Å². The van der Waals surface area contributed by atoms with Crippen molar-refractivity contribution in [2.45, 2.75) is 12.3 Å². The largest absolute Gasteiger partial charge is 0.457 e. The molecule has 0 amide bonds. The summed E-state index contributed by atoms with van der Waals surface area (Å²) in [6.07, 6.45) is 4.25. The van der Waals surface area contributed by atoms with Crippen LogP contribution in [0, 0.1) is 0 Å². The van der Waals surface area contributed by atoms with Crippen LogP contribution in [-0.2, 0) is 5.41 Å². The first-order valence-electron chi connectivity index (χ1n) is 17.4. The van der Waals surface area contributed by atoms with Crippen molar-refractivity contribution < 1.29 is 9.15 Å². The zero-order valence-corrected chi connectivity index (χ0v) is 28.4. The van der Waals surface area contributed by atoms with Crippen molar-refractivity contribution in [3.05, 3.63) is 198 Å². The maximum absolute atomic E-state index is 6.59. The topological polar surface area (TPSA) is 61.0 Å². The van der Waals surface area contributed by atoms with Gasteiger partial charge in [0.15, 0.2) is 17.5 Å². The molecule has 8 aromatic rings. The lowest BCUT2D eigenvalue weighted by Gasteiger charge is -2.40. The molecule has 2 aromatic heterocycles. The number of hydrogen-bond donors (Lipinski definition) is 0. The number of benzene rings is 6. The maximum atomic E-state index is 6.59. The van der Waals surface area contributed by atoms with E-state index in [0.717, 1.165) is 83.5 Å². The highest BCUT2D eigenvalue weighted by molar-refractivity contribution is 6.15. The molecule has 0 radical (unpaired) electrons. The zero-order chi connectivity index (χ0) is 34.8. The second kappa shape index (κ2) is 11.6. The molecule has 1 aliphatic carbocycles. The van der Waals surface area contributed by atoms with E-state index in [4.69, 9.17) is 24.1 Å². The lowest BCUT2D eigenvalue weighted by atomic mass is 9.65. The summed E-state index contributed by atoms with van der Waals surface area (Å²) in [6.45, 7) is 6.58. The van der Waals surface area contributed by atoms with Gasteiger partial charge in [-0.2, -0.15) is 0 Å². The number of nitrogens with zero attached hydrogens (tertiary/aromatic N) is 3. The van der Waals surface area contributed by atoms with E-state index in [9.17, 15) is 0 Å². The normalized spacial score (nSPS) is 14.3. The average molecular weight is 670 g/mol. The highest BCUT2D eigenvalue weighted by atomic mass is 16.5. The van der Waals surface area contributed by atoms with Crippen LogP contribution in [0.4, 0.5) is 0 Å². The summed E-state index contributed by atoms with van der Waals surface area (Å²) in [6, 6.07) is 49.4. The molecule has 0 saturated carbocycles. The van der Waals surface area contributed by atoms with Crippen molar-refractivity contribution in [3.63, 3.8) is 0 Å². The Morgan fingerprint density at radius 1 is 0.596 bits per heavy atom. The third kappa shape index (κ3) is 4.32. The Morgan fingerprint density at radius 2 is 1.17 bits per heavy atom. The van der Waals surface area contributed by atoms with Crippen LogP contribution in [0.1, 0.15) is 35.0 Å². The molecule has 5 heteroatoms. The molecule has 246 valence electrons. The maximum Gasteiger partial charge on any atom is 0.164 e. The predicted molar refractivity (Wildman–Crippen MR) is 208 cm³/mol. The van der Waals surface area contributed by atoms with E-state index in [2.05, 4.69) is 80.2 Å². The SMILES string of the molecule is C=CC1=C(/C=C(\C)c2nc(-c3ccccc3)nc(-c3ccccc3)n2)c2c(ccc3oc4ccccc4c23)C12c1ccccc1Oc1ccccc12. The monoisotopic (exact) mass is 669 g/mol. The molecule has 0 N–H and O–H groups in total. The van der Waals surface area contributed by atoms with Gasteiger partial charge in [-0.1, -0.05) is 134 Å². The minimum atomic E-state index is -0.704. The van der Waals surface area contributed by atoms with E-state index in [1.807, 2.05) is 91.0 Å². The number of para-hydroxylation sites is 3. The molecule has 0 saturated heterocycles. The van der Waals surface area contributed by atoms with Crippen LogP contribution < -0.4 is 4.74 Å². The first kappa shape index (κ1) is 30.0. The summed E-state index contributed by atoms with van der Waals surface area (Å²) in [4.78, 5) is 15.1. The van der Waals surface area contributed by atoms with Gasteiger partial charge in [-0.3, -0.25) is 0 Å². The Kier molecular flexibility index (Phi) is 6.70. The van der Waals surface area contributed by atoms with Gasteiger partial charge in [0, 0.05) is 33.0 Å². The van der Waals surface area contributed by atoms with Gasteiger partial charge < -0.3 is 9.15 Å². The van der Waals surface area contributed by atoms with Crippen LogP contribution in [0.15, 0.2) is 174 Å². The van der Waals surface area contributed by atoms with Crippen molar-refractivity contribution >= 4 is 33.1 Å². The summed E-state index contributed by atoms with van der Waals surface area (Å²) >= 11 is 0. The molecule has 2 aliphatic rings. The van der Waals surface area contributed by atoms with E-state index < -0.39 is 5.41 Å². The summed E-state index contributed by atoms with van der Waals surface area (Å²) < 4.78 is 13.1. The quantitative estimate of drug-likeness (QED) is 0.182. The number of hydrogen-bond acceptors (Lipinski definition) is 5. The summed E-state index contributed by atoms with van der Waals surface area (Å²) in [5.41, 5.74) is 10.2. The Labute approximate surface area is 300 Å². The third-order valence-electron chi connectivity index (χ3n) is 10.3. The Bertz CT molecular complexity index is 2690. The van der Waals surface area contributed by atoms with Gasteiger partial charge in [0.25, 0.3) is 0 Å². The molecule has 0 fully saturated rings. The van der Waals surface area contributed by atoms with Crippen molar-refractivity contribution in [1.82, 2.24) is 15.0 Å². The van der Waals surface area contributed by atoms with E-state index in [1.165, 1.54) is 0 Å². The van der Waals surface area contributed by atoms with Crippen LogP contribution in [0.3, 0.4) is 0 Å². The van der Waals surface area contributed by atoms with Crippen LogP contribution in [0.5, 0.6) is 11.5 Å². The molecule has 10 rings (SSSR count). The first-order valence-corrected chi connectivity index (χ1v) is 17.4. The van der Waals surface area contributed by atoms with Crippen LogP contribution in [-0.4, -0.2) is 15.0 Å². The minimum absolute atomic E-state index is 0.600. The van der Waals surface area contributed by atoms with Crippen LogP contribution in [0.2, 0.25) is 0 Å². The van der Waals surface area contributed by atoms with Crippen molar-refractivity contribution in [1.29, 1.82) is 0 Å². The summed E-state index contributed by atoms with van der Waals surface area (Å²) in [7, 11) is 0. The second-order valence-electron chi connectivity index (χ2n) is 13.2. The van der Waals surface area contributed by atoms with Gasteiger partial charge in [-0.05, 0) is 65.1 Å². The van der Waals surface area contributed by atoms with Crippen molar-refractivity contribution in [3.8, 4) is 34.3 Å². The van der Waals surface area contributed by atoms with Gasteiger partial charge in [-0.15, -0.1) is 0 Å². The fraction of sp³-hybridized carbons (Fsp3) is 0.0426. The van der Waals surface area contributed by atoms with E-state index in [1.54, 1.807) is 0 Å². The van der Waals surface area contributed by atoms with Gasteiger partial charge in [0.05, 0.1) is 5.41 Å². The van der Waals surface area contributed by atoms with E-state index >= 15 is 0 Å². The van der Waals surface area contributed by atoms with Gasteiger partial charge >= 0.3 is 0 Å². The molecule has 5 nitrogen and oxygen atoms in total. The summed E-state index contributed by atoms with van der Waals surface area (Å²) in [5, 5.41) is 2.13. The van der Waals surface area contributed by atoms with Crippen molar-refractivity contribution in [2.24, 2.45) is 0 Å². The van der Waals surface area contributed by atoms with Crippen LogP contribution >= 0.6 is 0 Å². The van der Waals surface area contributed by atoms with Gasteiger partial charge in [0.1, 0.15) is 22.7 Å².